The Morgan fingerprint density at radius 1 is 1.50 bits per heavy atom. The molecule has 3 heteroatoms. The molecule has 0 bridgehead atoms. The van der Waals surface area contributed by atoms with Crippen molar-refractivity contribution < 1.29 is 4.39 Å². The van der Waals surface area contributed by atoms with Gasteiger partial charge in [0.1, 0.15) is 5.82 Å². The number of alkyl halides is 1. The van der Waals surface area contributed by atoms with Crippen molar-refractivity contribution in [3.63, 3.8) is 0 Å². The lowest BCUT2D eigenvalue weighted by Gasteiger charge is -2.11. The molecule has 0 aliphatic heterocycles. The van der Waals surface area contributed by atoms with E-state index in [-0.39, 0.29) is 5.82 Å². The molecule has 0 aromatic heterocycles. The van der Waals surface area contributed by atoms with Crippen molar-refractivity contribution in [3.8, 4) is 0 Å². The molecule has 78 valence electrons. The van der Waals surface area contributed by atoms with Gasteiger partial charge in [-0.05, 0) is 31.0 Å². The molecule has 0 aliphatic carbocycles. The molecule has 14 heavy (non-hydrogen) atoms. The topological polar surface area (TPSA) is 12.0 Å². The van der Waals surface area contributed by atoms with Crippen LogP contribution in [0.25, 0.3) is 0 Å². The number of nitrogens with one attached hydrogen (secondary N) is 1. The van der Waals surface area contributed by atoms with E-state index in [9.17, 15) is 4.39 Å². The molecule has 0 amide bonds. The highest BCUT2D eigenvalue weighted by Crippen LogP contribution is 2.04. The van der Waals surface area contributed by atoms with Gasteiger partial charge in [-0.1, -0.05) is 12.1 Å². The first kappa shape index (κ1) is 11.5. The zero-order chi connectivity index (χ0) is 10.4. The van der Waals surface area contributed by atoms with Crippen LogP contribution in [0.1, 0.15) is 18.9 Å². The Balaban J connectivity index is 2.37. The summed E-state index contributed by atoms with van der Waals surface area (Å²) in [7, 11) is 0. The van der Waals surface area contributed by atoms with E-state index in [1.165, 1.54) is 6.07 Å². The van der Waals surface area contributed by atoms with Crippen molar-refractivity contribution >= 4 is 11.6 Å². The highest BCUT2D eigenvalue weighted by molar-refractivity contribution is 6.17. The van der Waals surface area contributed by atoms with E-state index in [0.717, 1.165) is 12.0 Å². The number of rotatable bonds is 5. The molecule has 1 rings (SSSR count). The molecule has 1 nitrogen and oxygen atoms in total. The molecule has 0 spiro atoms. The molecule has 0 saturated carbocycles. The van der Waals surface area contributed by atoms with E-state index < -0.39 is 0 Å². The van der Waals surface area contributed by atoms with Gasteiger partial charge in [0.15, 0.2) is 0 Å². The highest BCUT2D eigenvalue weighted by atomic mass is 35.5. The minimum atomic E-state index is -0.186. The summed E-state index contributed by atoms with van der Waals surface area (Å²) < 4.78 is 12.8. The fourth-order valence-electron chi connectivity index (χ4n) is 1.20. The van der Waals surface area contributed by atoms with Gasteiger partial charge >= 0.3 is 0 Å². The minimum Gasteiger partial charge on any atom is -0.310 e. The first-order chi connectivity index (χ1) is 6.72. The second-order valence-corrected chi connectivity index (χ2v) is 3.77. The van der Waals surface area contributed by atoms with Crippen LogP contribution in [0.2, 0.25) is 0 Å². The monoisotopic (exact) mass is 215 g/mol. The molecule has 0 fully saturated rings. The summed E-state index contributed by atoms with van der Waals surface area (Å²) in [4.78, 5) is 0. The van der Waals surface area contributed by atoms with E-state index in [4.69, 9.17) is 11.6 Å². The normalized spacial score (nSPS) is 12.8. The Morgan fingerprint density at radius 3 is 2.93 bits per heavy atom. The average molecular weight is 216 g/mol. The van der Waals surface area contributed by atoms with E-state index in [1.807, 2.05) is 6.07 Å². The van der Waals surface area contributed by atoms with Crippen LogP contribution >= 0.6 is 11.6 Å². The van der Waals surface area contributed by atoms with Gasteiger partial charge in [-0.15, -0.1) is 11.6 Å². The first-order valence-corrected chi connectivity index (χ1v) is 5.29. The van der Waals surface area contributed by atoms with E-state index in [1.54, 1.807) is 12.1 Å². The third kappa shape index (κ3) is 4.07. The zero-order valence-electron chi connectivity index (χ0n) is 8.26. The minimum absolute atomic E-state index is 0.186. The van der Waals surface area contributed by atoms with Gasteiger partial charge in [-0.3, -0.25) is 0 Å². The quantitative estimate of drug-likeness (QED) is 0.745. The van der Waals surface area contributed by atoms with Crippen LogP contribution < -0.4 is 5.32 Å². The van der Waals surface area contributed by atoms with Crippen LogP contribution in [0.3, 0.4) is 0 Å². The first-order valence-electron chi connectivity index (χ1n) is 4.76. The number of halogens is 2. The molecule has 0 heterocycles. The van der Waals surface area contributed by atoms with Crippen LogP contribution in [0.5, 0.6) is 0 Å². The Hall–Kier alpha value is -0.600. The third-order valence-electron chi connectivity index (χ3n) is 2.09. The Bertz CT molecular complexity index is 278. The van der Waals surface area contributed by atoms with Crippen LogP contribution in [-0.2, 0) is 6.54 Å². The van der Waals surface area contributed by atoms with Crippen LogP contribution in [0.4, 0.5) is 4.39 Å². The molecule has 1 aromatic carbocycles. The third-order valence-corrected chi connectivity index (χ3v) is 2.30. The number of hydrogen-bond acceptors (Lipinski definition) is 1. The number of benzene rings is 1. The zero-order valence-corrected chi connectivity index (χ0v) is 9.02. The lowest BCUT2D eigenvalue weighted by Crippen LogP contribution is -2.25. The predicted octanol–water partition coefficient (Wildman–Crippen LogP) is 2.93. The summed E-state index contributed by atoms with van der Waals surface area (Å²) >= 11 is 5.60. The van der Waals surface area contributed by atoms with E-state index >= 15 is 0 Å². The predicted molar refractivity (Wildman–Crippen MR) is 58.0 cm³/mol. The van der Waals surface area contributed by atoms with Crippen molar-refractivity contribution in [3.05, 3.63) is 35.6 Å². The number of hydrogen-bond donors (Lipinski definition) is 1. The SMILES string of the molecule is CC(CCCl)NCc1cccc(F)c1. The molecular weight excluding hydrogens is 201 g/mol. The van der Waals surface area contributed by atoms with Crippen molar-refractivity contribution in [2.75, 3.05) is 5.88 Å². The van der Waals surface area contributed by atoms with E-state index in [0.29, 0.717) is 18.5 Å². The largest absolute Gasteiger partial charge is 0.310 e. The molecule has 1 atom stereocenters. The highest BCUT2D eigenvalue weighted by Gasteiger charge is 2.00. The van der Waals surface area contributed by atoms with Gasteiger partial charge in [0.2, 0.25) is 0 Å². The molecule has 1 unspecified atom stereocenters. The molecule has 0 saturated heterocycles. The average Bonchev–Trinajstić information content (AvgIpc) is 2.15. The maximum Gasteiger partial charge on any atom is 0.123 e. The van der Waals surface area contributed by atoms with Gasteiger partial charge in [-0.2, -0.15) is 0 Å². The summed E-state index contributed by atoms with van der Waals surface area (Å²) in [5, 5.41) is 3.28. The maximum atomic E-state index is 12.8. The smallest absolute Gasteiger partial charge is 0.123 e. The fourth-order valence-corrected chi connectivity index (χ4v) is 1.53. The van der Waals surface area contributed by atoms with Crippen LogP contribution in [-0.4, -0.2) is 11.9 Å². The van der Waals surface area contributed by atoms with Crippen LogP contribution in [0.15, 0.2) is 24.3 Å². The van der Waals surface area contributed by atoms with Crippen molar-refractivity contribution in [1.29, 1.82) is 0 Å². The second kappa shape index (κ2) is 5.99. The standard InChI is InChI=1S/C11H15ClFN/c1-9(5-6-12)14-8-10-3-2-4-11(13)7-10/h2-4,7,9,14H,5-6,8H2,1H3. The van der Waals surface area contributed by atoms with Gasteiger partial charge in [0.25, 0.3) is 0 Å². The Morgan fingerprint density at radius 2 is 2.29 bits per heavy atom. The maximum absolute atomic E-state index is 12.8. The summed E-state index contributed by atoms with van der Waals surface area (Å²) in [6.45, 7) is 2.76. The van der Waals surface area contributed by atoms with Gasteiger partial charge in [0, 0.05) is 18.5 Å². The van der Waals surface area contributed by atoms with Crippen molar-refractivity contribution in [2.24, 2.45) is 0 Å². The molecule has 1 N–H and O–H groups in total. The summed E-state index contributed by atoms with van der Waals surface area (Å²) in [5.41, 5.74) is 0.964. The summed E-state index contributed by atoms with van der Waals surface area (Å²) in [6.07, 6.45) is 0.927. The Labute approximate surface area is 89.3 Å². The molecular formula is C11H15ClFN. The van der Waals surface area contributed by atoms with Gasteiger partial charge in [-0.25, -0.2) is 4.39 Å². The van der Waals surface area contributed by atoms with Crippen molar-refractivity contribution in [1.82, 2.24) is 5.32 Å². The van der Waals surface area contributed by atoms with Crippen molar-refractivity contribution in [2.45, 2.75) is 25.9 Å². The summed E-state index contributed by atoms with van der Waals surface area (Å²) in [6, 6.07) is 6.99. The lowest BCUT2D eigenvalue weighted by atomic mass is 10.2. The molecule has 0 aliphatic rings. The lowest BCUT2D eigenvalue weighted by molar-refractivity contribution is 0.534. The van der Waals surface area contributed by atoms with Gasteiger partial charge < -0.3 is 5.32 Å². The van der Waals surface area contributed by atoms with Gasteiger partial charge in [0.05, 0.1) is 0 Å². The Kier molecular flexibility index (Phi) is 4.91. The van der Waals surface area contributed by atoms with Crippen LogP contribution in [0, 0.1) is 5.82 Å². The van der Waals surface area contributed by atoms with E-state index in [2.05, 4.69) is 12.2 Å². The summed E-state index contributed by atoms with van der Waals surface area (Å²) in [5.74, 6) is 0.464. The fraction of sp³-hybridized carbons (Fsp3) is 0.455. The molecule has 1 aromatic rings. The molecule has 0 radical (unpaired) electrons. The second-order valence-electron chi connectivity index (χ2n) is 3.39.